The summed E-state index contributed by atoms with van der Waals surface area (Å²) in [6, 6.07) is 23.7. The number of aryl methyl sites for hydroxylation is 1. The molecule has 2 N–H and O–H groups in total. The maximum Gasteiger partial charge on any atom is 0.269 e. The number of nitro groups is 1. The van der Waals surface area contributed by atoms with Gasteiger partial charge in [0.25, 0.3) is 5.69 Å². The molecule has 0 aliphatic carbocycles. The van der Waals surface area contributed by atoms with Gasteiger partial charge < -0.3 is 10.6 Å². The molecular weight excluding hydrogens is 476 g/mol. The first-order valence-corrected chi connectivity index (χ1v) is 12.2. The Balaban J connectivity index is 1.62. The van der Waals surface area contributed by atoms with E-state index in [4.69, 9.17) is 0 Å². The first-order valence-electron chi connectivity index (χ1n) is 11.3. The molecule has 1 heterocycles. The molecule has 8 nitrogen and oxygen atoms in total. The van der Waals surface area contributed by atoms with Crippen molar-refractivity contribution in [2.24, 2.45) is 0 Å². The number of amides is 2. The molecule has 1 unspecified atom stereocenters. The summed E-state index contributed by atoms with van der Waals surface area (Å²) in [6.45, 7) is 1.83. The Morgan fingerprint density at radius 3 is 2.00 bits per heavy atom. The zero-order valence-corrected chi connectivity index (χ0v) is 20.3. The van der Waals surface area contributed by atoms with Crippen LogP contribution in [0.5, 0.6) is 0 Å². The first kappa shape index (κ1) is 24.7. The van der Waals surface area contributed by atoms with Crippen LogP contribution < -0.4 is 10.6 Å². The number of hydrogen-bond donors (Lipinski definition) is 2. The molecule has 0 aliphatic rings. The third-order valence-corrected chi connectivity index (χ3v) is 6.47. The lowest BCUT2D eigenvalue weighted by atomic mass is 9.90. The summed E-state index contributed by atoms with van der Waals surface area (Å²) in [5, 5.41) is 19.0. The molecule has 0 saturated carbocycles. The number of nitrogens with one attached hydrogen (secondary N) is 2. The van der Waals surface area contributed by atoms with Gasteiger partial charge in [0.15, 0.2) is 5.13 Å². The van der Waals surface area contributed by atoms with Gasteiger partial charge >= 0.3 is 0 Å². The van der Waals surface area contributed by atoms with Crippen LogP contribution in [0, 0.1) is 17.0 Å². The number of nitrogens with zero attached hydrogens (tertiary/aromatic N) is 2. The van der Waals surface area contributed by atoms with E-state index >= 15 is 0 Å². The van der Waals surface area contributed by atoms with E-state index in [0.717, 1.165) is 16.8 Å². The molecule has 0 fully saturated rings. The first-order chi connectivity index (χ1) is 17.4. The van der Waals surface area contributed by atoms with Crippen molar-refractivity contribution < 1.29 is 14.5 Å². The van der Waals surface area contributed by atoms with E-state index in [2.05, 4.69) is 15.6 Å². The Morgan fingerprint density at radius 1 is 0.917 bits per heavy atom. The largest absolute Gasteiger partial charge is 0.343 e. The molecule has 0 saturated heterocycles. The topological polar surface area (TPSA) is 114 Å². The Labute approximate surface area is 212 Å². The predicted molar refractivity (Wildman–Crippen MR) is 139 cm³/mol. The Morgan fingerprint density at radius 2 is 1.50 bits per heavy atom. The minimum Gasteiger partial charge on any atom is -0.343 e. The SMILES string of the molecule is Cc1csc(NC(=O)C(Cc2ccc([N+](=O)[O-])cc2)NC(=O)C(c2ccccc2)c2ccccc2)n1. The molecule has 2 amide bonds. The second-order valence-corrected chi connectivity index (χ2v) is 9.08. The van der Waals surface area contributed by atoms with Crippen LogP contribution in [-0.4, -0.2) is 27.8 Å². The summed E-state index contributed by atoms with van der Waals surface area (Å²) in [7, 11) is 0. The number of non-ortho nitro benzene ring substituents is 1. The van der Waals surface area contributed by atoms with Crippen molar-refractivity contribution in [2.75, 3.05) is 5.32 Å². The zero-order valence-electron chi connectivity index (χ0n) is 19.5. The van der Waals surface area contributed by atoms with Gasteiger partial charge in [0.2, 0.25) is 11.8 Å². The van der Waals surface area contributed by atoms with Gasteiger partial charge in [-0.05, 0) is 23.6 Å². The van der Waals surface area contributed by atoms with Gasteiger partial charge in [-0.3, -0.25) is 19.7 Å². The van der Waals surface area contributed by atoms with E-state index in [0.29, 0.717) is 10.7 Å². The number of rotatable bonds is 9. The number of benzene rings is 3. The van der Waals surface area contributed by atoms with Crippen LogP contribution in [0.1, 0.15) is 28.3 Å². The summed E-state index contributed by atoms with van der Waals surface area (Å²) >= 11 is 1.29. The number of aromatic nitrogens is 1. The van der Waals surface area contributed by atoms with Crippen LogP contribution in [0.25, 0.3) is 0 Å². The molecule has 182 valence electrons. The summed E-state index contributed by atoms with van der Waals surface area (Å²) in [4.78, 5) is 41.7. The standard InChI is InChI=1S/C27H24N4O4S/c1-18-17-36-27(28-18)30-25(32)23(16-19-12-14-22(15-13-19)31(34)35)29-26(33)24(20-8-4-2-5-9-20)21-10-6-3-7-11-21/h2-15,17,23-24H,16H2,1H3,(H,29,33)(H,28,30,32). The molecule has 1 atom stereocenters. The number of thiazole rings is 1. The number of nitro benzene ring substituents is 1. The number of anilines is 1. The van der Waals surface area contributed by atoms with Crippen molar-refractivity contribution >= 4 is 34.0 Å². The van der Waals surface area contributed by atoms with Crippen molar-refractivity contribution in [1.29, 1.82) is 0 Å². The van der Waals surface area contributed by atoms with E-state index in [-0.39, 0.29) is 18.0 Å². The lowest BCUT2D eigenvalue weighted by Gasteiger charge is -2.23. The summed E-state index contributed by atoms with van der Waals surface area (Å²) in [5.41, 5.74) is 3.00. The van der Waals surface area contributed by atoms with Crippen molar-refractivity contribution in [1.82, 2.24) is 10.3 Å². The monoisotopic (exact) mass is 500 g/mol. The van der Waals surface area contributed by atoms with Crippen LogP contribution in [0.4, 0.5) is 10.8 Å². The van der Waals surface area contributed by atoms with E-state index in [1.54, 1.807) is 12.1 Å². The maximum atomic E-state index is 13.7. The smallest absolute Gasteiger partial charge is 0.269 e. The van der Waals surface area contributed by atoms with Crippen molar-refractivity contribution in [2.45, 2.75) is 25.3 Å². The Bertz CT molecular complexity index is 1300. The van der Waals surface area contributed by atoms with Gasteiger partial charge in [0, 0.05) is 23.9 Å². The normalized spacial score (nSPS) is 11.6. The van der Waals surface area contributed by atoms with E-state index < -0.39 is 22.8 Å². The van der Waals surface area contributed by atoms with E-state index in [1.165, 1.54) is 23.5 Å². The van der Waals surface area contributed by atoms with Crippen molar-refractivity contribution in [3.8, 4) is 0 Å². The van der Waals surface area contributed by atoms with Crippen molar-refractivity contribution in [3.05, 3.63) is 123 Å². The van der Waals surface area contributed by atoms with Crippen LogP contribution in [0.2, 0.25) is 0 Å². The quantitative estimate of drug-likeness (QED) is 0.252. The van der Waals surface area contributed by atoms with E-state index in [9.17, 15) is 19.7 Å². The predicted octanol–water partition coefficient (Wildman–Crippen LogP) is 4.86. The molecular formula is C27H24N4O4S. The second kappa shape index (κ2) is 11.4. The lowest BCUT2D eigenvalue weighted by molar-refractivity contribution is -0.384. The molecule has 9 heteroatoms. The third-order valence-electron chi connectivity index (χ3n) is 5.60. The highest BCUT2D eigenvalue weighted by atomic mass is 32.1. The van der Waals surface area contributed by atoms with Crippen LogP contribution in [0.15, 0.2) is 90.3 Å². The molecule has 0 bridgehead atoms. The fraction of sp³-hybridized carbons (Fsp3) is 0.148. The maximum absolute atomic E-state index is 13.7. The molecule has 0 aliphatic heterocycles. The van der Waals surface area contributed by atoms with E-state index in [1.807, 2.05) is 73.0 Å². The molecule has 1 aromatic heterocycles. The number of carbonyl (C=O) groups is 2. The van der Waals surface area contributed by atoms with Gasteiger partial charge in [-0.15, -0.1) is 11.3 Å². The summed E-state index contributed by atoms with van der Waals surface area (Å²) in [6.07, 6.45) is 0.149. The minimum atomic E-state index is -0.932. The zero-order chi connectivity index (χ0) is 25.5. The molecule has 0 spiro atoms. The highest BCUT2D eigenvalue weighted by molar-refractivity contribution is 7.13. The molecule has 4 rings (SSSR count). The summed E-state index contributed by atoms with van der Waals surface area (Å²) < 4.78 is 0. The van der Waals surface area contributed by atoms with Gasteiger partial charge in [0.05, 0.1) is 16.5 Å². The highest BCUT2D eigenvalue weighted by Crippen LogP contribution is 2.25. The van der Waals surface area contributed by atoms with Crippen LogP contribution >= 0.6 is 11.3 Å². The average molecular weight is 501 g/mol. The van der Waals surface area contributed by atoms with Crippen LogP contribution in [-0.2, 0) is 16.0 Å². The van der Waals surface area contributed by atoms with Gasteiger partial charge in [-0.25, -0.2) is 4.98 Å². The van der Waals surface area contributed by atoms with Crippen molar-refractivity contribution in [3.63, 3.8) is 0 Å². The fourth-order valence-corrected chi connectivity index (χ4v) is 4.53. The molecule has 36 heavy (non-hydrogen) atoms. The third kappa shape index (κ3) is 6.19. The summed E-state index contributed by atoms with van der Waals surface area (Å²) in [5.74, 6) is -1.37. The average Bonchev–Trinajstić information content (AvgIpc) is 3.29. The van der Waals surface area contributed by atoms with Gasteiger partial charge in [0.1, 0.15) is 6.04 Å². The number of hydrogen-bond acceptors (Lipinski definition) is 6. The minimum absolute atomic E-state index is 0.0460. The Kier molecular flexibility index (Phi) is 7.82. The Hall–Kier alpha value is -4.37. The van der Waals surface area contributed by atoms with Gasteiger partial charge in [-0.2, -0.15) is 0 Å². The molecule has 4 aromatic rings. The fourth-order valence-electron chi connectivity index (χ4n) is 3.84. The van der Waals surface area contributed by atoms with Gasteiger partial charge in [-0.1, -0.05) is 72.8 Å². The van der Waals surface area contributed by atoms with Crippen LogP contribution in [0.3, 0.4) is 0 Å². The lowest BCUT2D eigenvalue weighted by Crippen LogP contribution is -2.47. The molecule has 3 aromatic carbocycles. The number of carbonyl (C=O) groups excluding carboxylic acids is 2. The highest BCUT2D eigenvalue weighted by Gasteiger charge is 2.28. The molecule has 0 radical (unpaired) electrons. The second-order valence-electron chi connectivity index (χ2n) is 8.23.